The van der Waals surface area contributed by atoms with E-state index in [1.165, 1.54) is 0 Å². The molecule has 0 aliphatic carbocycles. The Balaban J connectivity index is 2.39. The van der Waals surface area contributed by atoms with Gasteiger partial charge in [0.2, 0.25) is 0 Å². The molecule has 0 fully saturated rings. The maximum atomic E-state index is 11.7. The lowest BCUT2D eigenvalue weighted by Crippen LogP contribution is -2.30. The van der Waals surface area contributed by atoms with Gasteiger partial charge in [-0.05, 0) is 31.4 Å². The van der Waals surface area contributed by atoms with Crippen LogP contribution in [-0.4, -0.2) is 28.2 Å². The number of hydrogen-bond donors (Lipinski definition) is 2. The summed E-state index contributed by atoms with van der Waals surface area (Å²) in [5.41, 5.74) is 0.657. The smallest absolute Gasteiger partial charge is 0.267 e. The molecule has 4 heteroatoms. The third-order valence-corrected chi connectivity index (χ3v) is 2.53. The Morgan fingerprint density at radius 1 is 1.56 bits per heavy atom. The van der Waals surface area contributed by atoms with Crippen LogP contribution in [0.4, 0.5) is 0 Å². The van der Waals surface area contributed by atoms with E-state index in [0.717, 1.165) is 0 Å². The highest BCUT2D eigenvalue weighted by Gasteiger charge is 2.11. The number of nitrogens with one attached hydrogen (secondary N) is 1. The molecule has 16 heavy (non-hydrogen) atoms. The van der Waals surface area contributed by atoms with Gasteiger partial charge in [0.25, 0.3) is 5.91 Å². The predicted molar refractivity (Wildman–Crippen MR) is 63.2 cm³/mol. The van der Waals surface area contributed by atoms with Gasteiger partial charge in [0.05, 0.1) is 6.10 Å². The molecule has 4 nitrogen and oxygen atoms in total. The number of rotatable bonds is 5. The second-order valence-corrected chi connectivity index (χ2v) is 4.40. The van der Waals surface area contributed by atoms with Crippen LogP contribution < -0.4 is 5.32 Å². The number of aryl methyl sites for hydroxylation is 1. The maximum absolute atomic E-state index is 11.7. The van der Waals surface area contributed by atoms with Crippen LogP contribution in [0.25, 0.3) is 0 Å². The van der Waals surface area contributed by atoms with Crippen LogP contribution in [0.2, 0.25) is 0 Å². The van der Waals surface area contributed by atoms with Crippen molar-refractivity contribution in [3.8, 4) is 0 Å². The van der Waals surface area contributed by atoms with Crippen molar-refractivity contribution in [2.24, 2.45) is 13.0 Å². The molecular formula is C12H20N2O2. The van der Waals surface area contributed by atoms with Crippen molar-refractivity contribution in [2.75, 3.05) is 6.54 Å². The van der Waals surface area contributed by atoms with E-state index >= 15 is 0 Å². The average molecular weight is 224 g/mol. The van der Waals surface area contributed by atoms with Gasteiger partial charge in [-0.1, -0.05) is 6.92 Å². The Hall–Kier alpha value is -1.29. The van der Waals surface area contributed by atoms with Crippen molar-refractivity contribution in [3.05, 3.63) is 24.0 Å². The van der Waals surface area contributed by atoms with Gasteiger partial charge < -0.3 is 15.0 Å². The van der Waals surface area contributed by atoms with Crippen molar-refractivity contribution in [2.45, 2.75) is 26.4 Å². The number of aliphatic hydroxyl groups excluding tert-OH is 1. The monoisotopic (exact) mass is 224 g/mol. The largest absolute Gasteiger partial charge is 0.393 e. The molecule has 0 bridgehead atoms. The number of hydrogen-bond acceptors (Lipinski definition) is 2. The van der Waals surface area contributed by atoms with E-state index in [0.29, 0.717) is 18.7 Å². The van der Waals surface area contributed by atoms with Gasteiger partial charge in [-0.25, -0.2) is 0 Å². The van der Waals surface area contributed by atoms with Gasteiger partial charge in [0.15, 0.2) is 0 Å². The van der Waals surface area contributed by atoms with Crippen LogP contribution in [-0.2, 0) is 7.05 Å². The number of aliphatic hydroxyl groups is 1. The highest BCUT2D eigenvalue weighted by molar-refractivity contribution is 5.92. The highest BCUT2D eigenvalue weighted by Crippen LogP contribution is 2.05. The Morgan fingerprint density at radius 2 is 2.25 bits per heavy atom. The van der Waals surface area contributed by atoms with E-state index in [9.17, 15) is 9.90 Å². The minimum Gasteiger partial charge on any atom is -0.393 e. The standard InChI is InChI=1S/C12H20N2O2/c1-9(7-10(2)15)8-13-12(16)11-5-4-6-14(11)3/h4-6,9-10,15H,7-8H2,1-3H3,(H,13,16). The van der Waals surface area contributed by atoms with Crippen LogP contribution >= 0.6 is 0 Å². The molecule has 0 radical (unpaired) electrons. The Kier molecular flexibility index (Phi) is 4.55. The summed E-state index contributed by atoms with van der Waals surface area (Å²) in [4.78, 5) is 11.7. The lowest BCUT2D eigenvalue weighted by atomic mass is 10.0. The molecule has 2 N–H and O–H groups in total. The lowest BCUT2D eigenvalue weighted by Gasteiger charge is -2.14. The zero-order chi connectivity index (χ0) is 12.1. The van der Waals surface area contributed by atoms with Crippen LogP contribution in [0.1, 0.15) is 30.8 Å². The maximum Gasteiger partial charge on any atom is 0.267 e. The van der Waals surface area contributed by atoms with E-state index in [1.54, 1.807) is 17.6 Å². The summed E-state index contributed by atoms with van der Waals surface area (Å²) in [7, 11) is 1.84. The molecule has 2 atom stereocenters. The normalized spacial score (nSPS) is 14.5. The van der Waals surface area contributed by atoms with Gasteiger partial charge in [-0.3, -0.25) is 4.79 Å². The quantitative estimate of drug-likeness (QED) is 0.788. The molecule has 0 aromatic carbocycles. The van der Waals surface area contributed by atoms with Crippen LogP contribution in [0.3, 0.4) is 0 Å². The van der Waals surface area contributed by atoms with Crippen LogP contribution in [0, 0.1) is 5.92 Å². The van der Waals surface area contributed by atoms with Crippen molar-refractivity contribution in [3.63, 3.8) is 0 Å². The van der Waals surface area contributed by atoms with Crippen molar-refractivity contribution in [1.82, 2.24) is 9.88 Å². The van der Waals surface area contributed by atoms with E-state index in [2.05, 4.69) is 5.32 Å². The number of carbonyl (C=O) groups is 1. The molecule has 2 unspecified atom stereocenters. The van der Waals surface area contributed by atoms with Crippen molar-refractivity contribution < 1.29 is 9.90 Å². The second-order valence-electron chi connectivity index (χ2n) is 4.40. The summed E-state index contributed by atoms with van der Waals surface area (Å²) in [6, 6.07) is 3.63. The van der Waals surface area contributed by atoms with Crippen molar-refractivity contribution in [1.29, 1.82) is 0 Å². The molecule has 1 heterocycles. The van der Waals surface area contributed by atoms with Gasteiger partial charge in [0.1, 0.15) is 5.69 Å². The van der Waals surface area contributed by atoms with Gasteiger partial charge in [-0.15, -0.1) is 0 Å². The van der Waals surface area contributed by atoms with E-state index < -0.39 is 0 Å². The first-order valence-electron chi connectivity index (χ1n) is 5.58. The SMILES string of the molecule is CC(O)CC(C)CNC(=O)c1cccn1C. The van der Waals surface area contributed by atoms with Gasteiger partial charge >= 0.3 is 0 Å². The molecule has 1 rings (SSSR count). The Morgan fingerprint density at radius 3 is 2.75 bits per heavy atom. The number of aromatic nitrogens is 1. The summed E-state index contributed by atoms with van der Waals surface area (Å²) in [6.45, 7) is 4.36. The zero-order valence-corrected chi connectivity index (χ0v) is 10.1. The van der Waals surface area contributed by atoms with E-state index in [4.69, 9.17) is 0 Å². The van der Waals surface area contributed by atoms with Gasteiger partial charge in [0, 0.05) is 19.8 Å². The van der Waals surface area contributed by atoms with Crippen LogP contribution in [0.5, 0.6) is 0 Å². The molecule has 0 aliphatic rings. The molecular weight excluding hydrogens is 204 g/mol. The first kappa shape index (κ1) is 12.8. The molecule has 0 saturated carbocycles. The molecule has 0 aliphatic heterocycles. The first-order valence-corrected chi connectivity index (χ1v) is 5.58. The zero-order valence-electron chi connectivity index (χ0n) is 10.1. The summed E-state index contributed by atoms with van der Waals surface area (Å²) >= 11 is 0. The molecule has 0 saturated heterocycles. The number of carbonyl (C=O) groups excluding carboxylic acids is 1. The predicted octanol–water partition coefficient (Wildman–Crippen LogP) is 1.16. The molecule has 0 spiro atoms. The Bertz CT molecular complexity index is 345. The minimum atomic E-state index is -0.318. The summed E-state index contributed by atoms with van der Waals surface area (Å²) in [6.07, 6.45) is 2.23. The lowest BCUT2D eigenvalue weighted by molar-refractivity contribution is 0.0931. The van der Waals surface area contributed by atoms with Crippen LogP contribution in [0.15, 0.2) is 18.3 Å². The second kappa shape index (κ2) is 5.70. The highest BCUT2D eigenvalue weighted by atomic mass is 16.3. The average Bonchev–Trinajstić information content (AvgIpc) is 2.60. The fourth-order valence-electron chi connectivity index (χ4n) is 1.72. The fourth-order valence-corrected chi connectivity index (χ4v) is 1.72. The third-order valence-electron chi connectivity index (χ3n) is 2.53. The topological polar surface area (TPSA) is 54.3 Å². The third kappa shape index (κ3) is 3.70. The molecule has 1 aromatic rings. The van der Waals surface area contributed by atoms with E-state index in [1.807, 2.05) is 26.2 Å². The van der Waals surface area contributed by atoms with Crippen molar-refractivity contribution >= 4 is 5.91 Å². The minimum absolute atomic E-state index is 0.0649. The fraction of sp³-hybridized carbons (Fsp3) is 0.583. The molecule has 1 aromatic heterocycles. The number of nitrogens with zero attached hydrogens (tertiary/aromatic N) is 1. The summed E-state index contributed by atoms with van der Waals surface area (Å²) in [5, 5.41) is 12.1. The van der Waals surface area contributed by atoms with Gasteiger partial charge in [-0.2, -0.15) is 0 Å². The molecule has 1 amide bonds. The summed E-state index contributed by atoms with van der Waals surface area (Å²) < 4.78 is 1.79. The number of amides is 1. The first-order chi connectivity index (χ1) is 7.50. The summed E-state index contributed by atoms with van der Waals surface area (Å²) in [5.74, 6) is 0.217. The molecule has 90 valence electrons. The Labute approximate surface area is 96.3 Å². The van der Waals surface area contributed by atoms with E-state index in [-0.39, 0.29) is 17.9 Å².